The average Bonchev–Trinajstić information content (AvgIpc) is 3.08. The SMILES string of the molecule is Cc1cccnc1-c1cccc2c1C(=O)N(CCc1ccc3ccccc3n1)C2. The average molecular weight is 379 g/mol. The maximum absolute atomic E-state index is 13.2. The lowest BCUT2D eigenvalue weighted by Crippen LogP contribution is -2.26. The van der Waals surface area contributed by atoms with Crippen molar-refractivity contribution in [3.05, 3.63) is 95.3 Å². The van der Waals surface area contributed by atoms with E-state index in [0.29, 0.717) is 13.1 Å². The molecule has 0 unspecified atom stereocenters. The van der Waals surface area contributed by atoms with Crippen LogP contribution in [0, 0.1) is 6.92 Å². The summed E-state index contributed by atoms with van der Waals surface area (Å²) in [6, 6.07) is 22.3. The van der Waals surface area contributed by atoms with Crippen LogP contribution < -0.4 is 0 Å². The van der Waals surface area contributed by atoms with Crippen molar-refractivity contribution in [3.8, 4) is 11.3 Å². The molecular formula is C25H21N3O. The molecule has 2 aromatic heterocycles. The monoisotopic (exact) mass is 379 g/mol. The van der Waals surface area contributed by atoms with Gasteiger partial charge in [0.25, 0.3) is 5.91 Å². The van der Waals surface area contributed by atoms with Gasteiger partial charge in [-0.2, -0.15) is 0 Å². The first-order chi connectivity index (χ1) is 14.2. The van der Waals surface area contributed by atoms with Crippen molar-refractivity contribution >= 4 is 16.8 Å². The molecule has 0 N–H and O–H groups in total. The zero-order chi connectivity index (χ0) is 19.8. The van der Waals surface area contributed by atoms with Crippen LogP contribution in [-0.4, -0.2) is 27.3 Å². The van der Waals surface area contributed by atoms with Gasteiger partial charge >= 0.3 is 0 Å². The van der Waals surface area contributed by atoms with E-state index >= 15 is 0 Å². The molecule has 5 rings (SSSR count). The fourth-order valence-electron chi connectivity index (χ4n) is 4.06. The molecule has 0 aliphatic carbocycles. The highest BCUT2D eigenvalue weighted by Crippen LogP contribution is 2.33. The Balaban J connectivity index is 1.39. The fraction of sp³-hybridized carbons (Fsp3) is 0.160. The Labute approximate surface area is 169 Å². The molecule has 0 atom stereocenters. The summed E-state index contributed by atoms with van der Waals surface area (Å²) in [6.45, 7) is 3.32. The molecule has 2 aromatic carbocycles. The molecule has 142 valence electrons. The maximum Gasteiger partial charge on any atom is 0.255 e. The minimum Gasteiger partial charge on any atom is -0.334 e. The van der Waals surface area contributed by atoms with Gasteiger partial charge in [0, 0.05) is 42.4 Å². The predicted octanol–water partition coefficient (Wildman–Crippen LogP) is 4.80. The Hall–Kier alpha value is -3.53. The number of nitrogens with zero attached hydrogens (tertiary/aromatic N) is 3. The first kappa shape index (κ1) is 17.6. The number of hydrogen-bond acceptors (Lipinski definition) is 3. The number of carbonyl (C=O) groups excluding carboxylic acids is 1. The van der Waals surface area contributed by atoms with Gasteiger partial charge in [0.2, 0.25) is 0 Å². The molecule has 0 fully saturated rings. The highest BCUT2D eigenvalue weighted by atomic mass is 16.2. The predicted molar refractivity (Wildman–Crippen MR) is 115 cm³/mol. The summed E-state index contributed by atoms with van der Waals surface area (Å²) in [5.41, 5.74) is 6.76. The van der Waals surface area contributed by atoms with Crippen LogP contribution in [0.5, 0.6) is 0 Å². The van der Waals surface area contributed by atoms with E-state index in [-0.39, 0.29) is 5.91 Å². The zero-order valence-corrected chi connectivity index (χ0v) is 16.3. The van der Waals surface area contributed by atoms with Crippen molar-refractivity contribution in [1.29, 1.82) is 0 Å². The first-order valence-corrected chi connectivity index (χ1v) is 9.88. The van der Waals surface area contributed by atoms with Gasteiger partial charge in [0.15, 0.2) is 0 Å². The van der Waals surface area contributed by atoms with Crippen LogP contribution in [0.4, 0.5) is 0 Å². The largest absolute Gasteiger partial charge is 0.334 e. The molecule has 4 heteroatoms. The minimum atomic E-state index is 0.0847. The van der Waals surface area contributed by atoms with Crippen molar-refractivity contribution in [1.82, 2.24) is 14.9 Å². The number of fused-ring (bicyclic) bond motifs is 2. The molecule has 0 saturated heterocycles. The van der Waals surface area contributed by atoms with E-state index in [0.717, 1.165) is 51.0 Å². The van der Waals surface area contributed by atoms with Crippen LogP contribution in [0.3, 0.4) is 0 Å². The lowest BCUT2D eigenvalue weighted by atomic mass is 9.98. The molecule has 0 radical (unpaired) electrons. The van der Waals surface area contributed by atoms with E-state index in [1.165, 1.54) is 0 Å². The lowest BCUT2D eigenvalue weighted by molar-refractivity contribution is 0.0780. The van der Waals surface area contributed by atoms with E-state index < -0.39 is 0 Å². The van der Waals surface area contributed by atoms with E-state index in [4.69, 9.17) is 4.98 Å². The molecule has 29 heavy (non-hydrogen) atoms. The second kappa shape index (κ2) is 7.13. The van der Waals surface area contributed by atoms with Crippen molar-refractivity contribution in [2.45, 2.75) is 19.9 Å². The Morgan fingerprint density at radius 3 is 2.76 bits per heavy atom. The van der Waals surface area contributed by atoms with Crippen LogP contribution >= 0.6 is 0 Å². The number of rotatable bonds is 4. The van der Waals surface area contributed by atoms with Gasteiger partial charge in [-0.05, 0) is 36.2 Å². The molecule has 1 aliphatic heterocycles. The Morgan fingerprint density at radius 2 is 1.86 bits per heavy atom. The van der Waals surface area contributed by atoms with Crippen molar-refractivity contribution in [2.75, 3.05) is 6.54 Å². The smallest absolute Gasteiger partial charge is 0.255 e. The van der Waals surface area contributed by atoms with Crippen molar-refractivity contribution in [3.63, 3.8) is 0 Å². The summed E-state index contributed by atoms with van der Waals surface area (Å²) in [4.78, 5) is 24.4. The Morgan fingerprint density at radius 1 is 0.966 bits per heavy atom. The summed E-state index contributed by atoms with van der Waals surface area (Å²) in [5.74, 6) is 0.0847. The quantitative estimate of drug-likeness (QED) is 0.511. The molecular weight excluding hydrogens is 358 g/mol. The first-order valence-electron chi connectivity index (χ1n) is 9.88. The summed E-state index contributed by atoms with van der Waals surface area (Å²) < 4.78 is 0. The molecule has 4 aromatic rings. The van der Waals surface area contributed by atoms with E-state index in [2.05, 4.69) is 23.2 Å². The summed E-state index contributed by atoms with van der Waals surface area (Å²) in [5, 5.41) is 1.14. The van der Waals surface area contributed by atoms with Crippen LogP contribution in [0.2, 0.25) is 0 Å². The van der Waals surface area contributed by atoms with E-state index in [1.54, 1.807) is 6.20 Å². The van der Waals surface area contributed by atoms with Crippen LogP contribution in [0.1, 0.15) is 27.2 Å². The van der Waals surface area contributed by atoms with Gasteiger partial charge in [0.1, 0.15) is 0 Å². The standard InChI is InChI=1S/C25H21N3O/c1-17-6-5-14-26-24(17)21-9-4-8-19-16-28(25(29)23(19)21)15-13-20-12-11-18-7-2-3-10-22(18)27-20/h2-12,14H,13,15-16H2,1H3. The van der Waals surface area contributed by atoms with Gasteiger partial charge in [-0.1, -0.05) is 48.5 Å². The highest BCUT2D eigenvalue weighted by Gasteiger charge is 2.30. The van der Waals surface area contributed by atoms with Gasteiger partial charge < -0.3 is 4.90 Å². The number of benzene rings is 2. The topological polar surface area (TPSA) is 46.1 Å². The van der Waals surface area contributed by atoms with Gasteiger partial charge in [-0.3, -0.25) is 14.8 Å². The molecule has 0 bridgehead atoms. The number of hydrogen-bond donors (Lipinski definition) is 0. The normalized spacial score (nSPS) is 13.1. The van der Waals surface area contributed by atoms with E-state index in [1.807, 2.05) is 60.4 Å². The Kier molecular flexibility index (Phi) is 4.32. The molecule has 1 amide bonds. The number of amides is 1. The minimum absolute atomic E-state index is 0.0847. The van der Waals surface area contributed by atoms with Crippen LogP contribution in [-0.2, 0) is 13.0 Å². The summed E-state index contributed by atoms with van der Waals surface area (Å²) >= 11 is 0. The third-order valence-electron chi connectivity index (χ3n) is 5.57. The van der Waals surface area contributed by atoms with Gasteiger partial charge in [-0.15, -0.1) is 0 Å². The van der Waals surface area contributed by atoms with E-state index in [9.17, 15) is 4.79 Å². The number of aromatic nitrogens is 2. The molecule has 0 saturated carbocycles. The molecule has 3 heterocycles. The van der Waals surface area contributed by atoms with Crippen LogP contribution in [0.15, 0.2) is 72.9 Å². The number of pyridine rings is 2. The van der Waals surface area contributed by atoms with Crippen LogP contribution in [0.25, 0.3) is 22.2 Å². The molecule has 0 spiro atoms. The van der Waals surface area contributed by atoms with Gasteiger partial charge in [0.05, 0.1) is 16.8 Å². The summed E-state index contributed by atoms with van der Waals surface area (Å²) in [6.07, 6.45) is 2.52. The Bertz CT molecular complexity index is 1230. The third kappa shape index (κ3) is 3.17. The number of aryl methyl sites for hydroxylation is 1. The second-order valence-corrected chi connectivity index (χ2v) is 7.48. The zero-order valence-electron chi connectivity index (χ0n) is 16.3. The van der Waals surface area contributed by atoms with Crippen molar-refractivity contribution < 1.29 is 4.79 Å². The lowest BCUT2D eigenvalue weighted by Gasteiger charge is -2.15. The third-order valence-corrected chi connectivity index (χ3v) is 5.57. The second-order valence-electron chi connectivity index (χ2n) is 7.48. The maximum atomic E-state index is 13.2. The highest BCUT2D eigenvalue weighted by molar-refractivity contribution is 6.04. The summed E-state index contributed by atoms with van der Waals surface area (Å²) in [7, 11) is 0. The van der Waals surface area contributed by atoms with Crippen molar-refractivity contribution in [2.24, 2.45) is 0 Å². The number of para-hydroxylation sites is 1. The fourth-order valence-corrected chi connectivity index (χ4v) is 4.06. The molecule has 1 aliphatic rings. The molecule has 4 nitrogen and oxygen atoms in total. The van der Waals surface area contributed by atoms with Gasteiger partial charge in [-0.25, -0.2) is 0 Å². The number of carbonyl (C=O) groups is 1.